The van der Waals surface area contributed by atoms with Gasteiger partial charge in [-0.3, -0.25) is 4.79 Å². The van der Waals surface area contributed by atoms with E-state index in [1.54, 1.807) is 18.2 Å². The number of hydrogen-bond donors (Lipinski definition) is 1. The van der Waals surface area contributed by atoms with Crippen molar-refractivity contribution >= 4 is 16.7 Å². The summed E-state index contributed by atoms with van der Waals surface area (Å²) in [5.74, 6) is -6.53. The summed E-state index contributed by atoms with van der Waals surface area (Å²) in [5.41, 5.74) is 0.237. The summed E-state index contributed by atoms with van der Waals surface area (Å²) in [4.78, 5) is 14.3. The number of para-hydroxylation sites is 1. The molecule has 2 nitrogen and oxygen atoms in total. The molecule has 0 aliphatic carbocycles. The number of carbonyl (C=O) groups is 1. The van der Waals surface area contributed by atoms with Crippen LogP contribution in [0.15, 0.2) is 24.3 Å². The molecule has 0 amide bonds. The van der Waals surface area contributed by atoms with E-state index < -0.39 is 18.1 Å². The Hall–Kier alpha value is -1.85. The van der Waals surface area contributed by atoms with Crippen LogP contribution in [0.5, 0.6) is 0 Å². The first-order valence-electron chi connectivity index (χ1n) is 5.13. The number of halogens is 4. The Balaban J connectivity index is 2.61. The van der Waals surface area contributed by atoms with E-state index in [4.69, 9.17) is 0 Å². The molecule has 6 heteroatoms. The number of hydrogen-bond acceptors (Lipinski definition) is 1. The van der Waals surface area contributed by atoms with E-state index in [2.05, 4.69) is 4.98 Å². The van der Waals surface area contributed by atoms with Gasteiger partial charge in [-0.1, -0.05) is 18.2 Å². The number of aryl methyl sites for hydroxylation is 1. The van der Waals surface area contributed by atoms with Crippen LogP contribution in [-0.4, -0.2) is 23.1 Å². The summed E-state index contributed by atoms with van der Waals surface area (Å²) in [6, 6.07) is 6.22. The molecule has 0 saturated carbocycles. The molecule has 0 saturated heterocycles. The van der Waals surface area contributed by atoms with Crippen LogP contribution in [0.1, 0.15) is 16.1 Å². The summed E-state index contributed by atoms with van der Waals surface area (Å²) >= 11 is 0. The van der Waals surface area contributed by atoms with Crippen molar-refractivity contribution in [1.82, 2.24) is 4.98 Å². The van der Waals surface area contributed by atoms with Crippen molar-refractivity contribution in [3.63, 3.8) is 0 Å². The first-order chi connectivity index (χ1) is 8.35. The summed E-state index contributed by atoms with van der Waals surface area (Å²) < 4.78 is 50.6. The van der Waals surface area contributed by atoms with Crippen LogP contribution in [0.4, 0.5) is 17.6 Å². The third-order valence-corrected chi connectivity index (χ3v) is 2.70. The largest absolute Gasteiger partial charge is 0.368 e. The third-order valence-electron chi connectivity index (χ3n) is 2.70. The second-order valence-electron chi connectivity index (χ2n) is 3.92. The molecule has 1 heterocycles. The zero-order valence-electron chi connectivity index (χ0n) is 9.31. The van der Waals surface area contributed by atoms with E-state index in [0.717, 1.165) is 0 Å². The van der Waals surface area contributed by atoms with Crippen molar-refractivity contribution in [2.24, 2.45) is 0 Å². The second-order valence-corrected chi connectivity index (χ2v) is 3.92. The number of ketones is 1. The van der Waals surface area contributed by atoms with Gasteiger partial charge in [0.25, 0.3) is 0 Å². The van der Waals surface area contributed by atoms with Gasteiger partial charge in [0.1, 0.15) is 0 Å². The summed E-state index contributed by atoms with van der Waals surface area (Å²) in [7, 11) is 0. The maximum absolute atomic E-state index is 13.1. The quantitative estimate of drug-likeness (QED) is 0.663. The Kier molecular flexibility index (Phi) is 2.88. The van der Waals surface area contributed by atoms with E-state index in [1.807, 2.05) is 0 Å². The lowest BCUT2D eigenvalue weighted by atomic mass is 10.0. The Morgan fingerprint density at radius 1 is 1.28 bits per heavy atom. The fourth-order valence-electron chi connectivity index (χ4n) is 1.83. The zero-order chi connectivity index (χ0) is 13.5. The lowest BCUT2D eigenvalue weighted by Gasteiger charge is -2.13. The molecule has 1 aromatic carbocycles. The van der Waals surface area contributed by atoms with Crippen LogP contribution in [0.25, 0.3) is 10.9 Å². The molecule has 2 aromatic rings. The van der Waals surface area contributed by atoms with Crippen molar-refractivity contribution in [2.45, 2.75) is 19.3 Å². The molecule has 0 unspecified atom stereocenters. The number of carbonyl (C=O) groups excluding carboxylic acids is 1. The number of Topliss-reactive ketones (excluding diaryl/α,β-unsaturated/α-hetero) is 1. The number of fused-ring (bicyclic) bond motifs is 1. The van der Waals surface area contributed by atoms with Crippen molar-refractivity contribution in [2.75, 3.05) is 0 Å². The molecule has 0 aliphatic heterocycles. The first kappa shape index (κ1) is 12.6. The smallest absolute Gasteiger partial charge is 0.358 e. The van der Waals surface area contributed by atoms with Gasteiger partial charge in [0.15, 0.2) is 0 Å². The fraction of sp³-hybridized carbons (Fsp3) is 0.250. The lowest BCUT2D eigenvalue weighted by Crippen LogP contribution is -2.36. The topological polar surface area (TPSA) is 32.9 Å². The fourth-order valence-corrected chi connectivity index (χ4v) is 1.83. The maximum Gasteiger partial charge on any atom is 0.368 e. The normalized spacial score (nSPS) is 12.3. The van der Waals surface area contributed by atoms with E-state index in [-0.39, 0.29) is 16.6 Å². The number of aromatic nitrogens is 1. The molecule has 0 atom stereocenters. The van der Waals surface area contributed by atoms with Gasteiger partial charge >= 0.3 is 12.3 Å². The van der Waals surface area contributed by atoms with Gasteiger partial charge in [-0.05, 0) is 13.0 Å². The van der Waals surface area contributed by atoms with Crippen molar-refractivity contribution in [3.05, 3.63) is 35.5 Å². The number of rotatable bonds is 3. The Bertz CT molecular complexity index is 603. The molecule has 1 aromatic heterocycles. The van der Waals surface area contributed by atoms with Crippen LogP contribution < -0.4 is 0 Å². The monoisotopic (exact) mass is 259 g/mol. The molecule has 18 heavy (non-hydrogen) atoms. The Morgan fingerprint density at radius 2 is 1.89 bits per heavy atom. The molecule has 1 N–H and O–H groups in total. The van der Waals surface area contributed by atoms with E-state index in [0.29, 0.717) is 5.52 Å². The highest BCUT2D eigenvalue weighted by Gasteiger charge is 2.50. The van der Waals surface area contributed by atoms with Crippen LogP contribution in [0, 0.1) is 6.92 Å². The van der Waals surface area contributed by atoms with Crippen LogP contribution in [0.3, 0.4) is 0 Å². The van der Waals surface area contributed by atoms with E-state index in [1.165, 1.54) is 13.0 Å². The number of aromatic amines is 1. The SMILES string of the molecule is Cc1[nH]c2ccccc2c1C(=O)C(F)(F)C(F)F. The molecule has 0 aliphatic rings. The highest BCUT2D eigenvalue weighted by atomic mass is 19.3. The number of nitrogens with one attached hydrogen (secondary N) is 1. The molecule has 0 bridgehead atoms. The summed E-state index contributed by atoms with van der Waals surface area (Å²) in [5, 5.41) is 0.223. The maximum atomic E-state index is 13.1. The van der Waals surface area contributed by atoms with Gasteiger partial charge in [0.05, 0.1) is 5.56 Å². The van der Waals surface area contributed by atoms with Crippen molar-refractivity contribution in [3.8, 4) is 0 Å². The van der Waals surface area contributed by atoms with Gasteiger partial charge in [0.2, 0.25) is 5.78 Å². The van der Waals surface area contributed by atoms with E-state index >= 15 is 0 Å². The predicted octanol–water partition coefficient (Wildman–Crippen LogP) is 3.56. The third kappa shape index (κ3) is 1.77. The number of H-pyrrole nitrogens is 1. The molecular formula is C12H9F4NO. The molecular weight excluding hydrogens is 250 g/mol. The molecule has 0 radical (unpaired) electrons. The van der Waals surface area contributed by atoms with Crippen LogP contribution in [0.2, 0.25) is 0 Å². The van der Waals surface area contributed by atoms with Crippen LogP contribution >= 0.6 is 0 Å². The van der Waals surface area contributed by atoms with Gasteiger partial charge < -0.3 is 4.98 Å². The number of benzene rings is 1. The first-order valence-corrected chi connectivity index (χ1v) is 5.13. The van der Waals surface area contributed by atoms with E-state index in [9.17, 15) is 22.4 Å². The van der Waals surface area contributed by atoms with Crippen molar-refractivity contribution in [1.29, 1.82) is 0 Å². The molecule has 0 fully saturated rings. The van der Waals surface area contributed by atoms with Crippen LogP contribution in [-0.2, 0) is 0 Å². The molecule has 96 valence electrons. The van der Waals surface area contributed by atoms with Gasteiger partial charge in [0, 0.05) is 16.6 Å². The standard InChI is InChI=1S/C12H9F4NO/c1-6-9(10(18)12(15,16)11(13)14)7-4-2-3-5-8(7)17-6/h2-5,11,17H,1H3. The van der Waals surface area contributed by atoms with Crippen molar-refractivity contribution < 1.29 is 22.4 Å². The van der Waals surface area contributed by atoms with Gasteiger partial charge in [-0.25, -0.2) is 8.78 Å². The Labute approximate surface area is 99.6 Å². The average Bonchev–Trinajstić information content (AvgIpc) is 2.63. The minimum Gasteiger partial charge on any atom is -0.358 e. The Morgan fingerprint density at radius 3 is 2.50 bits per heavy atom. The lowest BCUT2D eigenvalue weighted by molar-refractivity contribution is -0.0957. The van der Waals surface area contributed by atoms with Gasteiger partial charge in [-0.2, -0.15) is 8.78 Å². The highest BCUT2D eigenvalue weighted by molar-refractivity contribution is 6.12. The molecule has 0 spiro atoms. The number of alkyl halides is 4. The minimum atomic E-state index is -4.67. The highest BCUT2D eigenvalue weighted by Crippen LogP contribution is 2.32. The second kappa shape index (κ2) is 4.12. The minimum absolute atomic E-state index is 0.154. The average molecular weight is 259 g/mol. The molecule has 2 rings (SSSR count). The predicted molar refractivity (Wildman–Crippen MR) is 58.3 cm³/mol. The summed E-state index contributed by atoms with van der Waals surface area (Å²) in [6.07, 6.45) is -4.02. The zero-order valence-corrected chi connectivity index (χ0v) is 9.31. The van der Waals surface area contributed by atoms with Gasteiger partial charge in [-0.15, -0.1) is 0 Å². The summed E-state index contributed by atoms with van der Waals surface area (Å²) in [6.45, 7) is 1.40.